The molecular formula is C11H16N2O3. The van der Waals surface area contributed by atoms with E-state index in [2.05, 4.69) is 0 Å². The van der Waals surface area contributed by atoms with Gasteiger partial charge in [-0.05, 0) is 24.5 Å². The van der Waals surface area contributed by atoms with Crippen LogP contribution in [0.3, 0.4) is 0 Å². The van der Waals surface area contributed by atoms with Crippen LogP contribution in [-0.4, -0.2) is 24.7 Å². The van der Waals surface area contributed by atoms with Crippen molar-refractivity contribution in [3.05, 3.63) is 39.4 Å². The van der Waals surface area contributed by atoms with Crippen LogP contribution in [0.1, 0.15) is 11.1 Å². The van der Waals surface area contributed by atoms with Crippen LogP contribution >= 0.6 is 0 Å². The third kappa shape index (κ3) is 3.29. The Kier molecular flexibility index (Phi) is 4.39. The summed E-state index contributed by atoms with van der Waals surface area (Å²) < 4.78 is 4.94. The smallest absolute Gasteiger partial charge is 0.269 e. The van der Waals surface area contributed by atoms with Gasteiger partial charge in [-0.15, -0.1) is 0 Å². The highest BCUT2D eigenvalue weighted by atomic mass is 16.6. The second kappa shape index (κ2) is 5.58. The van der Waals surface area contributed by atoms with Crippen molar-refractivity contribution < 1.29 is 9.66 Å². The molecule has 0 fully saturated rings. The van der Waals surface area contributed by atoms with Crippen molar-refractivity contribution in [2.75, 3.05) is 13.7 Å². The first-order chi connectivity index (χ1) is 7.54. The summed E-state index contributed by atoms with van der Waals surface area (Å²) in [5, 5.41) is 10.6. The fourth-order valence-corrected chi connectivity index (χ4v) is 1.58. The monoisotopic (exact) mass is 224 g/mol. The van der Waals surface area contributed by atoms with E-state index in [1.807, 2.05) is 6.92 Å². The van der Waals surface area contributed by atoms with E-state index in [9.17, 15) is 10.1 Å². The summed E-state index contributed by atoms with van der Waals surface area (Å²) in [6.45, 7) is 2.33. The third-order valence-electron chi connectivity index (χ3n) is 2.40. The van der Waals surface area contributed by atoms with Crippen LogP contribution in [-0.2, 0) is 11.2 Å². The van der Waals surface area contributed by atoms with Crippen molar-refractivity contribution in [3.8, 4) is 0 Å². The van der Waals surface area contributed by atoms with Crippen molar-refractivity contribution >= 4 is 5.69 Å². The van der Waals surface area contributed by atoms with Gasteiger partial charge in [0.25, 0.3) is 5.69 Å². The normalized spacial score (nSPS) is 12.4. The molecule has 0 saturated carbocycles. The van der Waals surface area contributed by atoms with Crippen LogP contribution in [0.15, 0.2) is 18.2 Å². The largest absolute Gasteiger partial charge is 0.383 e. The molecule has 5 heteroatoms. The lowest BCUT2D eigenvalue weighted by Gasteiger charge is -2.12. The molecule has 0 bridgehead atoms. The predicted octanol–water partition coefficient (Wildman–Crippen LogP) is 1.42. The van der Waals surface area contributed by atoms with Crippen LogP contribution in [0.5, 0.6) is 0 Å². The number of aryl methyl sites for hydroxylation is 1. The van der Waals surface area contributed by atoms with E-state index < -0.39 is 4.92 Å². The fraction of sp³-hybridized carbons (Fsp3) is 0.455. The summed E-state index contributed by atoms with van der Waals surface area (Å²) in [6, 6.07) is 4.74. The zero-order valence-corrected chi connectivity index (χ0v) is 9.47. The molecule has 1 aromatic rings. The van der Waals surface area contributed by atoms with Crippen molar-refractivity contribution in [1.82, 2.24) is 0 Å². The second-order valence-corrected chi connectivity index (χ2v) is 3.79. The van der Waals surface area contributed by atoms with Gasteiger partial charge in [-0.2, -0.15) is 0 Å². The number of rotatable bonds is 5. The first-order valence-corrected chi connectivity index (χ1v) is 5.03. The van der Waals surface area contributed by atoms with Crippen LogP contribution in [0.4, 0.5) is 5.69 Å². The Bertz CT molecular complexity index is 379. The maximum Gasteiger partial charge on any atom is 0.269 e. The van der Waals surface area contributed by atoms with Gasteiger partial charge >= 0.3 is 0 Å². The van der Waals surface area contributed by atoms with Gasteiger partial charge in [0.05, 0.1) is 11.5 Å². The zero-order valence-electron chi connectivity index (χ0n) is 9.47. The fourth-order valence-electron chi connectivity index (χ4n) is 1.58. The zero-order chi connectivity index (χ0) is 12.1. The molecule has 5 nitrogen and oxygen atoms in total. The van der Waals surface area contributed by atoms with E-state index in [0.717, 1.165) is 11.1 Å². The molecule has 0 aliphatic rings. The number of methoxy groups -OCH3 is 1. The molecule has 0 heterocycles. The van der Waals surface area contributed by atoms with E-state index in [-0.39, 0.29) is 11.7 Å². The lowest BCUT2D eigenvalue weighted by atomic mass is 10.0. The lowest BCUT2D eigenvalue weighted by Crippen LogP contribution is -2.28. The van der Waals surface area contributed by atoms with E-state index in [0.29, 0.717) is 13.0 Å². The predicted molar refractivity (Wildman–Crippen MR) is 61.4 cm³/mol. The van der Waals surface area contributed by atoms with Gasteiger partial charge in [0.2, 0.25) is 0 Å². The Morgan fingerprint density at radius 3 is 2.75 bits per heavy atom. The van der Waals surface area contributed by atoms with Gasteiger partial charge in [-0.1, -0.05) is 6.07 Å². The topological polar surface area (TPSA) is 78.4 Å². The Balaban J connectivity index is 2.79. The summed E-state index contributed by atoms with van der Waals surface area (Å²) in [6.07, 6.45) is 0.664. The molecule has 0 aliphatic heterocycles. The summed E-state index contributed by atoms with van der Waals surface area (Å²) in [5.41, 5.74) is 7.85. The number of nitro groups is 1. The summed E-state index contributed by atoms with van der Waals surface area (Å²) in [5.74, 6) is 0. The van der Waals surface area contributed by atoms with Gasteiger partial charge in [0.1, 0.15) is 0 Å². The molecule has 0 amide bonds. The average Bonchev–Trinajstić information content (AvgIpc) is 2.21. The molecule has 1 unspecified atom stereocenters. The minimum absolute atomic E-state index is 0.0786. The molecule has 1 rings (SSSR count). The highest BCUT2D eigenvalue weighted by Crippen LogP contribution is 2.18. The number of ether oxygens (including phenoxy) is 1. The molecule has 1 aromatic carbocycles. The molecule has 0 spiro atoms. The number of hydrogen-bond acceptors (Lipinski definition) is 4. The van der Waals surface area contributed by atoms with E-state index in [1.54, 1.807) is 19.2 Å². The van der Waals surface area contributed by atoms with Crippen molar-refractivity contribution in [1.29, 1.82) is 0 Å². The van der Waals surface area contributed by atoms with Crippen LogP contribution < -0.4 is 5.73 Å². The van der Waals surface area contributed by atoms with Crippen LogP contribution in [0.25, 0.3) is 0 Å². The van der Waals surface area contributed by atoms with Crippen LogP contribution in [0.2, 0.25) is 0 Å². The molecule has 2 N–H and O–H groups in total. The van der Waals surface area contributed by atoms with E-state index in [4.69, 9.17) is 10.5 Å². The molecule has 0 aromatic heterocycles. The summed E-state index contributed by atoms with van der Waals surface area (Å²) in [4.78, 5) is 10.2. The molecule has 0 radical (unpaired) electrons. The number of nitro benzene ring substituents is 1. The minimum Gasteiger partial charge on any atom is -0.383 e. The summed E-state index contributed by atoms with van der Waals surface area (Å²) in [7, 11) is 1.60. The van der Waals surface area contributed by atoms with Crippen LogP contribution in [0, 0.1) is 17.0 Å². The molecule has 88 valence electrons. The number of non-ortho nitro benzene ring substituents is 1. The van der Waals surface area contributed by atoms with Gasteiger partial charge in [0, 0.05) is 25.3 Å². The highest BCUT2D eigenvalue weighted by Gasteiger charge is 2.10. The second-order valence-electron chi connectivity index (χ2n) is 3.79. The molecule has 1 atom stereocenters. The Morgan fingerprint density at radius 2 is 2.25 bits per heavy atom. The number of hydrogen-bond donors (Lipinski definition) is 1. The Labute approximate surface area is 94.4 Å². The quantitative estimate of drug-likeness (QED) is 0.606. The summed E-state index contributed by atoms with van der Waals surface area (Å²) >= 11 is 0. The van der Waals surface area contributed by atoms with Gasteiger partial charge in [0.15, 0.2) is 0 Å². The standard InChI is InChI=1S/C11H16N2O3/c1-8-5-11(13(14)15)4-3-9(8)6-10(12)7-16-2/h3-5,10H,6-7,12H2,1-2H3. The number of nitrogens with two attached hydrogens (primary N) is 1. The van der Waals surface area contributed by atoms with Crippen molar-refractivity contribution in [2.45, 2.75) is 19.4 Å². The van der Waals surface area contributed by atoms with Crippen molar-refractivity contribution in [2.24, 2.45) is 5.73 Å². The lowest BCUT2D eigenvalue weighted by molar-refractivity contribution is -0.384. The van der Waals surface area contributed by atoms with Gasteiger partial charge in [-0.3, -0.25) is 10.1 Å². The Hall–Kier alpha value is -1.46. The molecule has 0 saturated heterocycles. The van der Waals surface area contributed by atoms with E-state index in [1.165, 1.54) is 6.07 Å². The van der Waals surface area contributed by atoms with Gasteiger partial charge in [-0.25, -0.2) is 0 Å². The van der Waals surface area contributed by atoms with Crippen molar-refractivity contribution in [3.63, 3.8) is 0 Å². The first kappa shape index (κ1) is 12.6. The SMILES string of the molecule is COCC(N)Cc1ccc([N+](=O)[O-])cc1C. The van der Waals surface area contributed by atoms with Gasteiger partial charge < -0.3 is 10.5 Å². The first-order valence-electron chi connectivity index (χ1n) is 5.03. The number of benzene rings is 1. The minimum atomic E-state index is -0.397. The highest BCUT2D eigenvalue weighted by molar-refractivity contribution is 5.39. The third-order valence-corrected chi connectivity index (χ3v) is 2.40. The molecule has 0 aliphatic carbocycles. The maximum atomic E-state index is 10.6. The molecular weight excluding hydrogens is 208 g/mol. The number of nitrogens with zero attached hydrogens (tertiary/aromatic N) is 1. The molecule has 16 heavy (non-hydrogen) atoms. The average molecular weight is 224 g/mol. The maximum absolute atomic E-state index is 10.6. The Morgan fingerprint density at radius 1 is 1.56 bits per heavy atom. The van der Waals surface area contributed by atoms with E-state index >= 15 is 0 Å².